The minimum absolute atomic E-state index is 0.194. The van der Waals surface area contributed by atoms with Gasteiger partial charge in [-0.2, -0.15) is 0 Å². The summed E-state index contributed by atoms with van der Waals surface area (Å²) >= 11 is 0. The van der Waals surface area contributed by atoms with E-state index in [0.29, 0.717) is 6.42 Å². The van der Waals surface area contributed by atoms with Crippen molar-refractivity contribution < 1.29 is 33.8 Å². The number of unbranched alkanes of at least 4 members (excludes halogenated alkanes) is 10. The van der Waals surface area contributed by atoms with Crippen LogP contribution in [0.2, 0.25) is 0 Å². The van der Waals surface area contributed by atoms with Crippen LogP contribution in [0, 0.1) is 11.8 Å². The Balaban J connectivity index is 2.16. The van der Waals surface area contributed by atoms with Gasteiger partial charge < -0.3 is 30.5 Å². The monoisotopic (exact) mass is 645 g/mol. The third-order valence-electron chi connectivity index (χ3n) is 8.64. The molecule has 1 aliphatic rings. The number of benzene rings is 1. The Labute approximate surface area is 276 Å². The van der Waals surface area contributed by atoms with E-state index in [-0.39, 0.29) is 19.1 Å². The van der Waals surface area contributed by atoms with Crippen LogP contribution in [-0.2, 0) is 35.3 Å². The van der Waals surface area contributed by atoms with Gasteiger partial charge in [0.15, 0.2) is 6.04 Å². The maximum absolute atomic E-state index is 13.6. The van der Waals surface area contributed by atoms with Gasteiger partial charge in [0.05, 0.1) is 25.2 Å². The van der Waals surface area contributed by atoms with Gasteiger partial charge in [-0.1, -0.05) is 122 Å². The molecule has 1 aromatic carbocycles. The molecule has 0 spiro atoms. The summed E-state index contributed by atoms with van der Waals surface area (Å²) in [5.41, 5.74) is 0.889. The van der Waals surface area contributed by atoms with Gasteiger partial charge in [0.2, 0.25) is 17.7 Å². The Hall–Kier alpha value is -2.98. The quantitative estimate of drug-likeness (QED) is 0.131. The van der Waals surface area contributed by atoms with Crippen molar-refractivity contribution in [1.29, 1.82) is 0 Å². The number of rotatable bonds is 18. The highest BCUT2D eigenvalue weighted by Gasteiger charge is 2.37. The molecule has 6 atom stereocenters. The summed E-state index contributed by atoms with van der Waals surface area (Å²) in [6.45, 7) is 8.87. The van der Waals surface area contributed by atoms with E-state index in [9.17, 15) is 24.3 Å². The number of carbonyl (C=O) groups is 4. The molecule has 3 unspecified atom stereocenters. The number of hydrogen-bond donors (Lipinski definition) is 4. The highest BCUT2D eigenvalue weighted by atomic mass is 16.5. The van der Waals surface area contributed by atoms with Gasteiger partial charge in [-0.15, -0.1) is 0 Å². The third kappa shape index (κ3) is 14.2. The first-order valence-electron chi connectivity index (χ1n) is 17.5. The summed E-state index contributed by atoms with van der Waals surface area (Å²) in [4.78, 5) is 53.6. The molecule has 2 rings (SSSR count). The minimum atomic E-state index is -1.36. The lowest BCUT2D eigenvalue weighted by atomic mass is 9.95. The van der Waals surface area contributed by atoms with Crippen LogP contribution in [0.5, 0.6) is 0 Å². The van der Waals surface area contributed by atoms with Crippen LogP contribution in [-0.4, -0.2) is 65.7 Å². The Morgan fingerprint density at radius 1 is 0.761 bits per heavy atom. The zero-order valence-corrected chi connectivity index (χ0v) is 28.7. The second kappa shape index (κ2) is 21.7. The van der Waals surface area contributed by atoms with E-state index >= 15 is 0 Å². The van der Waals surface area contributed by atoms with Crippen LogP contribution >= 0.6 is 0 Å². The van der Waals surface area contributed by atoms with Gasteiger partial charge >= 0.3 is 5.97 Å². The standard InChI is InChI=1S/C36H59N3O7/c1-6-7-8-9-10-11-12-13-14-15-19-22-30-26(4)33(41)38-31(25(2)3)34(42)39-32(27(5)40)35(43)37-29(36(44)46-30)24-45-23-28-20-17-16-18-21-28/h16-18,20-21,25-27,29-32,40H,6-15,19,22-24H2,1-5H3,(H,37,43)(H,38,41)(H,39,42)/t26-,27+,29?,30?,31-,32?/m0/s1. The summed E-state index contributed by atoms with van der Waals surface area (Å²) in [5, 5.41) is 18.4. The SMILES string of the molecule is CCCCCCCCCCCCCC1OC(=O)C(COCc2ccccc2)NC(=O)C([C@@H](C)O)NC(=O)[C@H](C(C)C)NC(=O)[C@H]1C. The molecule has 46 heavy (non-hydrogen) atoms. The second-order valence-electron chi connectivity index (χ2n) is 13.1. The average Bonchev–Trinajstić information content (AvgIpc) is 3.03. The third-order valence-corrected chi connectivity index (χ3v) is 8.64. The maximum atomic E-state index is 13.6. The number of carbonyl (C=O) groups excluding carboxylic acids is 4. The largest absolute Gasteiger partial charge is 0.460 e. The first kappa shape index (κ1) is 39.2. The molecular weight excluding hydrogens is 586 g/mol. The van der Waals surface area contributed by atoms with Crippen LogP contribution in [0.1, 0.15) is 117 Å². The van der Waals surface area contributed by atoms with Crippen molar-refractivity contribution in [2.75, 3.05) is 6.61 Å². The van der Waals surface area contributed by atoms with Gasteiger partial charge in [-0.3, -0.25) is 14.4 Å². The van der Waals surface area contributed by atoms with Crippen molar-refractivity contribution in [2.45, 2.75) is 149 Å². The van der Waals surface area contributed by atoms with Gasteiger partial charge in [-0.05, 0) is 31.2 Å². The normalized spacial score (nSPS) is 23.8. The molecule has 1 aliphatic heterocycles. The molecule has 0 radical (unpaired) electrons. The predicted molar refractivity (Wildman–Crippen MR) is 179 cm³/mol. The Bertz CT molecular complexity index is 1050. The van der Waals surface area contributed by atoms with E-state index in [4.69, 9.17) is 9.47 Å². The Kier molecular flexibility index (Phi) is 18.5. The maximum Gasteiger partial charge on any atom is 0.331 e. The number of esters is 1. The Morgan fingerprint density at radius 3 is 1.87 bits per heavy atom. The topological polar surface area (TPSA) is 143 Å². The van der Waals surface area contributed by atoms with Crippen LogP contribution in [0.25, 0.3) is 0 Å². The van der Waals surface area contributed by atoms with E-state index < -0.39 is 59.9 Å². The average molecular weight is 646 g/mol. The van der Waals surface area contributed by atoms with Crippen LogP contribution < -0.4 is 16.0 Å². The fraction of sp³-hybridized carbons (Fsp3) is 0.722. The molecule has 4 N–H and O–H groups in total. The number of amides is 3. The van der Waals surface area contributed by atoms with Crippen molar-refractivity contribution >= 4 is 23.7 Å². The number of hydrogen-bond acceptors (Lipinski definition) is 7. The van der Waals surface area contributed by atoms with Gasteiger partial charge in [0.1, 0.15) is 18.2 Å². The highest BCUT2D eigenvalue weighted by molar-refractivity contribution is 5.94. The first-order valence-corrected chi connectivity index (χ1v) is 17.5. The van der Waals surface area contributed by atoms with E-state index in [2.05, 4.69) is 22.9 Å². The summed E-state index contributed by atoms with van der Waals surface area (Å²) in [6.07, 6.45) is 11.3. The fourth-order valence-electron chi connectivity index (χ4n) is 5.59. The van der Waals surface area contributed by atoms with Gasteiger partial charge in [0.25, 0.3) is 0 Å². The molecule has 1 saturated heterocycles. The summed E-state index contributed by atoms with van der Waals surface area (Å²) < 4.78 is 11.8. The van der Waals surface area contributed by atoms with Crippen LogP contribution in [0.4, 0.5) is 0 Å². The van der Waals surface area contributed by atoms with Crippen molar-refractivity contribution in [3.05, 3.63) is 35.9 Å². The van der Waals surface area contributed by atoms with E-state index in [1.54, 1.807) is 20.8 Å². The fourth-order valence-corrected chi connectivity index (χ4v) is 5.59. The molecule has 0 bridgehead atoms. The molecule has 10 heteroatoms. The molecule has 260 valence electrons. The van der Waals surface area contributed by atoms with E-state index in [1.165, 1.54) is 51.9 Å². The van der Waals surface area contributed by atoms with Crippen molar-refractivity contribution in [2.24, 2.45) is 11.8 Å². The number of aliphatic hydroxyl groups excluding tert-OH is 1. The zero-order chi connectivity index (χ0) is 33.9. The highest BCUT2D eigenvalue weighted by Crippen LogP contribution is 2.20. The van der Waals surface area contributed by atoms with E-state index in [0.717, 1.165) is 31.2 Å². The molecule has 0 saturated carbocycles. The molecular formula is C36H59N3O7. The molecule has 0 aliphatic carbocycles. The second-order valence-corrected chi connectivity index (χ2v) is 13.1. The van der Waals surface area contributed by atoms with Crippen LogP contribution in [0.15, 0.2) is 30.3 Å². The molecule has 1 fully saturated rings. The summed E-state index contributed by atoms with van der Waals surface area (Å²) in [7, 11) is 0. The van der Waals surface area contributed by atoms with E-state index in [1.807, 2.05) is 30.3 Å². The molecule has 0 aromatic heterocycles. The predicted octanol–water partition coefficient (Wildman–Crippen LogP) is 4.96. The summed E-state index contributed by atoms with van der Waals surface area (Å²) in [6, 6.07) is 5.88. The number of nitrogens with one attached hydrogen (secondary N) is 3. The van der Waals surface area contributed by atoms with Crippen molar-refractivity contribution in [1.82, 2.24) is 16.0 Å². The lowest BCUT2D eigenvalue weighted by Crippen LogP contribution is -2.60. The lowest BCUT2D eigenvalue weighted by molar-refractivity contribution is -0.159. The molecule has 3 amide bonds. The lowest BCUT2D eigenvalue weighted by Gasteiger charge is -2.28. The summed E-state index contributed by atoms with van der Waals surface area (Å²) in [5.74, 6) is -3.54. The van der Waals surface area contributed by atoms with Crippen LogP contribution in [0.3, 0.4) is 0 Å². The number of aliphatic hydroxyl groups is 1. The minimum Gasteiger partial charge on any atom is -0.460 e. The first-order chi connectivity index (χ1) is 22.0. The number of cyclic esters (lactones) is 1. The van der Waals surface area contributed by atoms with Crippen molar-refractivity contribution in [3.63, 3.8) is 0 Å². The molecule has 10 nitrogen and oxygen atoms in total. The number of ether oxygens (including phenoxy) is 2. The molecule has 1 heterocycles. The van der Waals surface area contributed by atoms with Gasteiger partial charge in [0, 0.05) is 0 Å². The smallest absolute Gasteiger partial charge is 0.331 e. The zero-order valence-electron chi connectivity index (χ0n) is 28.7. The van der Waals surface area contributed by atoms with Gasteiger partial charge in [-0.25, -0.2) is 4.79 Å². The van der Waals surface area contributed by atoms with Crippen molar-refractivity contribution in [3.8, 4) is 0 Å². The Morgan fingerprint density at radius 2 is 1.30 bits per heavy atom. The molecule has 1 aromatic rings.